The number of oxime groups is 1. The normalized spacial score (nSPS) is 25.0. The Balaban J connectivity index is 1.73. The Morgan fingerprint density at radius 1 is 1.05 bits per heavy atom. The number of hydrogen-bond acceptors (Lipinski definition) is 8. The summed E-state index contributed by atoms with van der Waals surface area (Å²) in [5.74, 6) is -1.24. The lowest BCUT2D eigenvalue weighted by Crippen LogP contribution is -2.61. The fourth-order valence-electron chi connectivity index (χ4n) is 7.15. The summed E-state index contributed by atoms with van der Waals surface area (Å²) >= 11 is 0. The van der Waals surface area contributed by atoms with Gasteiger partial charge in [-0.05, 0) is 87.1 Å². The van der Waals surface area contributed by atoms with Gasteiger partial charge in [0, 0.05) is 17.7 Å². The predicted molar refractivity (Wildman–Crippen MR) is 155 cm³/mol. The van der Waals surface area contributed by atoms with E-state index >= 15 is 0 Å². The van der Waals surface area contributed by atoms with Gasteiger partial charge in [-0.15, -0.1) is 0 Å². The smallest absolute Gasteiger partial charge is 0.419 e. The van der Waals surface area contributed by atoms with Crippen molar-refractivity contribution in [2.45, 2.75) is 71.3 Å². The van der Waals surface area contributed by atoms with Crippen LogP contribution in [0.4, 0.5) is 4.79 Å². The molecule has 5 rings (SSSR count). The molecule has 1 heterocycles. The fraction of sp³-hybridized carbons (Fsp3) is 0.500. The van der Waals surface area contributed by atoms with Crippen molar-refractivity contribution in [2.75, 3.05) is 20.8 Å². The van der Waals surface area contributed by atoms with Gasteiger partial charge in [0.25, 0.3) is 0 Å². The van der Waals surface area contributed by atoms with Crippen LogP contribution in [0.15, 0.2) is 41.6 Å². The van der Waals surface area contributed by atoms with Gasteiger partial charge in [0.2, 0.25) is 0 Å². The van der Waals surface area contributed by atoms with Crippen molar-refractivity contribution < 1.29 is 33.4 Å². The van der Waals surface area contributed by atoms with Crippen molar-refractivity contribution in [1.82, 2.24) is 4.57 Å². The lowest BCUT2D eigenvalue weighted by atomic mass is 9.48. The van der Waals surface area contributed by atoms with Crippen molar-refractivity contribution in [3.05, 3.63) is 47.5 Å². The first-order valence-electron chi connectivity index (χ1n) is 14.0. The van der Waals surface area contributed by atoms with Crippen LogP contribution < -0.4 is 0 Å². The zero-order chi connectivity index (χ0) is 29.7. The van der Waals surface area contributed by atoms with Crippen LogP contribution in [0.2, 0.25) is 0 Å². The van der Waals surface area contributed by atoms with Crippen LogP contribution in [-0.2, 0) is 40.5 Å². The van der Waals surface area contributed by atoms with Crippen molar-refractivity contribution in [2.24, 2.45) is 16.5 Å². The summed E-state index contributed by atoms with van der Waals surface area (Å²) in [7, 11) is 2.79. The van der Waals surface area contributed by atoms with E-state index in [9.17, 15) is 14.4 Å². The molecule has 2 aliphatic carbocycles. The molecule has 0 N–H and O–H groups in total. The van der Waals surface area contributed by atoms with Crippen LogP contribution in [0, 0.1) is 11.3 Å². The molecule has 2 unspecified atom stereocenters. The number of fused-ring (bicyclic) bond motifs is 6. The number of rotatable bonds is 4. The van der Waals surface area contributed by atoms with Crippen LogP contribution in [-0.4, -0.2) is 54.7 Å². The lowest BCUT2D eigenvalue weighted by molar-refractivity contribution is -0.163. The maximum Gasteiger partial charge on any atom is 0.419 e. The molecule has 2 aliphatic rings. The zero-order valence-electron chi connectivity index (χ0n) is 24.8. The predicted octanol–water partition coefficient (Wildman–Crippen LogP) is 5.92. The van der Waals surface area contributed by atoms with E-state index in [0.717, 1.165) is 32.9 Å². The van der Waals surface area contributed by atoms with Gasteiger partial charge in [-0.25, -0.2) is 9.36 Å². The molecule has 1 fully saturated rings. The van der Waals surface area contributed by atoms with E-state index in [1.54, 1.807) is 4.57 Å². The summed E-state index contributed by atoms with van der Waals surface area (Å²) in [6.07, 6.45) is 2.03. The summed E-state index contributed by atoms with van der Waals surface area (Å²) in [5, 5.41) is 6.16. The summed E-state index contributed by atoms with van der Waals surface area (Å²) in [4.78, 5) is 44.3. The van der Waals surface area contributed by atoms with Crippen molar-refractivity contribution in [1.29, 1.82) is 0 Å². The summed E-state index contributed by atoms with van der Waals surface area (Å²) in [5.41, 5.74) is 1.91. The van der Waals surface area contributed by atoms with Gasteiger partial charge < -0.3 is 19.0 Å². The number of para-hydroxylation sites is 1. The topological polar surface area (TPSA) is 105 Å². The van der Waals surface area contributed by atoms with Crippen LogP contribution in [0.25, 0.3) is 21.8 Å². The Morgan fingerprint density at radius 2 is 1.78 bits per heavy atom. The number of carbonyl (C=O) groups excluding carboxylic acids is 3. The van der Waals surface area contributed by atoms with E-state index in [1.165, 1.54) is 21.1 Å². The largest absolute Gasteiger partial charge is 0.468 e. The molecule has 0 bridgehead atoms. The molecular weight excluding hydrogens is 524 g/mol. The molecule has 1 saturated carbocycles. The third-order valence-corrected chi connectivity index (χ3v) is 8.81. The second-order valence-corrected chi connectivity index (χ2v) is 12.3. The molecule has 0 spiro atoms. The van der Waals surface area contributed by atoms with Gasteiger partial charge >= 0.3 is 18.0 Å². The lowest BCUT2D eigenvalue weighted by Gasteiger charge is -2.54. The van der Waals surface area contributed by atoms with Crippen molar-refractivity contribution in [3.63, 3.8) is 0 Å². The minimum Gasteiger partial charge on any atom is -0.468 e. The third kappa shape index (κ3) is 4.55. The second-order valence-electron chi connectivity index (χ2n) is 12.3. The molecule has 0 saturated heterocycles. The average Bonchev–Trinajstić information content (AvgIpc) is 3.24. The zero-order valence-corrected chi connectivity index (χ0v) is 24.8. The number of aryl methyl sites for hydroxylation is 1. The number of carbonyl (C=O) groups is 3. The first-order chi connectivity index (χ1) is 19.4. The molecule has 9 nitrogen and oxygen atoms in total. The highest BCUT2D eigenvalue weighted by Gasteiger charge is 2.62. The highest BCUT2D eigenvalue weighted by Crippen LogP contribution is 2.57. The van der Waals surface area contributed by atoms with Gasteiger partial charge in [-0.1, -0.05) is 30.3 Å². The van der Waals surface area contributed by atoms with Gasteiger partial charge in [0.1, 0.15) is 24.7 Å². The van der Waals surface area contributed by atoms with Gasteiger partial charge in [0.05, 0.1) is 23.9 Å². The van der Waals surface area contributed by atoms with E-state index < -0.39 is 34.5 Å². The van der Waals surface area contributed by atoms with Gasteiger partial charge in [0.15, 0.2) is 0 Å². The highest BCUT2D eigenvalue weighted by atomic mass is 16.6. The van der Waals surface area contributed by atoms with Crippen LogP contribution >= 0.6 is 0 Å². The molecular formula is C32H38N2O7. The molecule has 3 atom stereocenters. The van der Waals surface area contributed by atoms with Crippen LogP contribution in [0.1, 0.15) is 65.0 Å². The van der Waals surface area contributed by atoms with E-state index in [4.69, 9.17) is 19.0 Å². The Labute approximate surface area is 239 Å². The maximum absolute atomic E-state index is 13.7. The fourth-order valence-corrected chi connectivity index (χ4v) is 7.15. The minimum atomic E-state index is -1.29. The summed E-state index contributed by atoms with van der Waals surface area (Å²) in [6, 6.07) is 12.1. The van der Waals surface area contributed by atoms with E-state index in [-0.39, 0.29) is 12.5 Å². The summed E-state index contributed by atoms with van der Waals surface area (Å²) < 4.78 is 18.4. The molecule has 3 aromatic rings. The molecule has 0 aliphatic heterocycles. The first-order valence-corrected chi connectivity index (χ1v) is 14.0. The number of ether oxygens (including phenoxy) is 3. The number of benzene rings is 2. The van der Waals surface area contributed by atoms with E-state index in [2.05, 4.69) is 24.2 Å². The average molecular weight is 563 g/mol. The van der Waals surface area contributed by atoms with Crippen LogP contribution in [0.5, 0.6) is 0 Å². The molecule has 218 valence electrons. The SMILES string of the molecule is CO/N=C1\CCC2(C)c3cc4c5ccccc5n(C(=O)OC(C)(C)C)c4cc3CC[C@H]2C1(COC(C)=O)C(=O)OC. The molecule has 0 amide bonds. The van der Waals surface area contributed by atoms with E-state index in [1.807, 2.05) is 45.0 Å². The van der Waals surface area contributed by atoms with Gasteiger partial charge in [-0.2, -0.15) is 0 Å². The molecule has 1 aromatic heterocycles. The molecule has 2 aromatic carbocycles. The monoisotopic (exact) mass is 562 g/mol. The molecule has 0 radical (unpaired) electrons. The summed E-state index contributed by atoms with van der Waals surface area (Å²) in [6.45, 7) is 8.89. The van der Waals surface area contributed by atoms with E-state index in [0.29, 0.717) is 31.4 Å². The second kappa shape index (κ2) is 10.2. The third-order valence-electron chi connectivity index (χ3n) is 8.81. The number of aromatic nitrogens is 1. The minimum absolute atomic E-state index is 0.174. The number of nitrogens with zero attached hydrogens (tertiary/aromatic N) is 2. The maximum atomic E-state index is 13.7. The Hall–Kier alpha value is -3.88. The highest BCUT2D eigenvalue weighted by molar-refractivity contribution is 6.13. The quantitative estimate of drug-likeness (QED) is 0.221. The van der Waals surface area contributed by atoms with Crippen molar-refractivity contribution >= 4 is 45.5 Å². The molecule has 41 heavy (non-hydrogen) atoms. The Morgan fingerprint density at radius 3 is 2.44 bits per heavy atom. The number of methoxy groups -OCH3 is 1. The first kappa shape index (κ1) is 28.6. The van der Waals surface area contributed by atoms with Gasteiger partial charge in [-0.3, -0.25) is 9.59 Å². The standard InChI is InChI=1S/C32H38N2O7/c1-19(35)40-18-32(28(36)38-6)26-13-12-20-16-25-22(17-23(20)31(26,5)15-14-27(32)33-39-7)21-10-8-9-11-24(21)34(25)29(37)41-30(2,3)4/h8-11,16-17,26H,12-15,18H2,1-7H3/b33-27+/t26-,31?,32?/m1/s1. The van der Waals surface area contributed by atoms with Crippen LogP contribution in [0.3, 0.4) is 0 Å². The number of hydrogen-bond donors (Lipinski definition) is 0. The molecule has 9 heteroatoms. The number of esters is 2. The van der Waals surface area contributed by atoms with Crippen molar-refractivity contribution in [3.8, 4) is 0 Å². The Kier molecular flexibility index (Phi) is 7.12. The Bertz CT molecular complexity index is 1580.